The number of sulfone groups is 1. The van der Waals surface area contributed by atoms with E-state index in [1.165, 1.54) is 4.90 Å². The van der Waals surface area contributed by atoms with Gasteiger partial charge in [-0.15, -0.1) is 0 Å². The second-order valence-corrected chi connectivity index (χ2v) is 10.8. The fourth-order valence-corrected chi connectivity index (χ4v) is 6.46. The zero-order valence-corrected chi connectivity index (χ0v) is 19.1. The molecule has 7 nitrogen and oxygen atoms in total. The summed E-state index contributed by atoms with van der Waals surface area (Å²) in [5, 5.41) is 0.394. The molecule has 0 unspecified atom stereocenters. The molecule has 1 aromatic heterocycles. The summed E-state index contributed by atoms with van der Waals surface area (Å²) in [5.41, 5.74) is 1.02. The third kappa shape index (κ3) is 3.82. The molecular weight excluding hydrogens is 442 g/mol. The average Bonchev–Trinajstić information content (AvgIpc) is 3.31. The summed E-state index contributed by atoms with van der Waals surface area (Å²) in [6, 6.07) is 12.9. The van der Waals surface area contributed by atoms with Crippen LogP contribution >= 0.6 is 0 Å². The molecule has 33 heavy (non-hydrogen) atoms. The Hall–Kier alpha value is -3.13. The summed E-state index contributed by atoms with van der Waals surface area (Å²) in [5.74, 6) is 0.0890. The van der Waals surface area contributed by atoms with Crippen molar-refractivity contribution in [2.45, 2.75) is 38.3 Å². The lowest BCUT2D eigenvalue weighted by atomic mass is 9.97. The van der Waals surface area contributed by atoms with Crippen LogP contribution in [0.15, 0.2) is 57.7 Å². The number of nitrogens with zero attached hydrogens (tertiary/aromatic N) is 1. The van der Waals surface area contributed by atoms with Gasteiger partial charge in [-0.2, -0.15) is 0 Å². The van der Waals surface area contributed by atoms with Gasteiger partial charge in [0.05, 0.1) is 35.1 Å². The summed E-state index contributed by atoms with van der Waals surface area (Å²) in [6.45, 7) is 2.65. The van der Waals surface area contributed by atoms with E-state index in [4.69, 9.17) is 9.15 Å². The van der Waals surface area contributed by atoms with E-state index < -0.39 is 27.8 Å². The van der Waals surface area contributed by atoms with Crippen molar-refractivity contribution in [2.24, 2.45) is 0 Å². The van der Waals surface area contributed by atoms with Gasteiger partial charge in [0.15, 0.2) is 15.3 Å². The minimum absolute atomic E-state index is 0.00898. The van der Waals surface area contributed by atoms with Gasteiger partial charge in [0.25, 0.3) is 5.91 Å². The van der Waals surface area contributed by atoms with E-state index >= 15 is 0 Å². The number of hydrogen-bond acceptors (Lipinski definition) is 6. The van der Waals surface area contributed by atoms with Crippen molar-refractivity contribution in [1.29, 1.82) is 0 Å². The van der Waals surface area contributed by atoms with Gasteiger partial charge in [-0.05, 0) is 42.7 Å². The van der Waals surface area contributed by atoms with Crippen LogP contribution in [-0.2, 0) is 9.84 Å². The molecular formula is C25H25NO6S. The minimum atomic E-state index is -3.25. The summed E-state index contributed by atoms with van der Waals surface area (Å²) in [7, 11) is -3.25. The number of benzene rings is 2. The molecule has 1 amide bonds. The van der Waals surface area contributed by atoms with Gasteiger partial charge < -0.3 is 14.1 Å². The highest BCUT2D eigenvalue weighted by atomic mass is 32.2. The Morgan fingerprint density at radius 3 is 2.70 bits per heavy atom. The Bertz CT molecular complexity index is 1390. The number of carbonyl (C=O) groups is 1. The smallest absolute Gasteiger partial charge is 0.291 e. The van der Waals surface area contributed by atoms with E-state index in [2.05, 4.69) is 6.92 Å². The molecule has 2 aromatic carbocycles. The molecule has 3 heterocycles. The van der Waals surface area contributed by atoms with E-state index in [1.807, 2.05) is 24.3 Å². The first-order valence-electron chi connectivity index (χ1n) is 11.2. The van der Waals surface area contributed by atoms with Crippen LogP contribution in [0.3, 0.4) is 0 Å². The SMILES string of the molecule is CCCCOc1cccc([C@@H]2c3c(oc4ccccc4c3=O)C(=O)N2[C@@H]2CCS(=O)(=O)C2)c1. The van der Waals surface area contributed by atoms with E-state index in [0.29, 0.717) is 35.3 Å². The number of rotatable bonds is 6. The second-order valence-electron chi connectivity index (χ2n) is 8.62. The van der Waals surface area contributed by atoms with Crippen LogP contribution in [0, 0.1) is 0 Å². The van der Waals surface area contributed by atoms with Crippen molar-refractivity contribution >= 4 is 26.7 Å². The molecule has 2 aliphatic heterocycles. The number of ether oxygens (including phenoxy) is 1. The van der Waals surface area contributed by atoms with Gasteiger partial charge in [-0.3, -0.25) is 9.59 Å². The van der Waals surface area contributed by atoms with Crippen LogP contribution in [-0.4, -0.2) is 43.4 Å². The minimum Gasteiger partial charge on any atom is -0.494 e. The molecule has 0 aliphatic carbocycles. The lowest BCUT2D eigenvalue weighted by Crippen LogP contribution is -2.40. The maximum Gasteiger partial charge on any atom is 0.291 e. The van der Waals surface area contributed by atoms with Crippen molar-refractivity contribution in [3.63, 3.8) is 0 Å². The molecule has 0 N–H and O–H groups in total. The van der Waals surface area contributed by atoms with E-state index in [1.54, 1.807) is 24.3 Å². The van der Waals surface area contributed by atoms with Crippen LogP contribution in [0.2, 0.25) is 0 Å². The normalized spacial score (nSPS) is 21.5. The number of unbranched alkanes of at least 4 members (excludes halogenated alkanes) is 1. The Balaban J connectivity index is 1.66. The number of hydrogen-bond donors (Lipinski definition) is 0. The van der Waals surface area contributed by atoms with Crippen molar-refractivity contribution in [1.82, 2.24) is 4.90 Å². The number of carbonyl (C=O) groups excluding carboxylic acids is 1. The predicted molar refractivity (Wildman–Crippen MR) is 124 cm³/mol. The lowest BCUT2D eigenvalue weighted by molar-refractivity contribution is 0.0662. The molecule has 0 radical (unpaired) electrons. The van der Waals surface area contributed by atoms with Crippen molar-refractivity contribution < 1.29 is 22.4 Å². The predicted octanol–water partition coefficient (Wildman–Crippen LogP) is 3.70. The van der Waals surface area contributed by atoms with Gasteiger partial charge in [-0.1, -0.05) is 37.6 Å². The molecule has 5 rings (SSSR count). The third-order valence-electron chi connectivity index (χ3n) is 6.36. The van der Waals surface area contributed by atoms with E-state index in [9.17, 15) is 18.0 Å². The zero-order valence-electron chi connectivity index (χ0n) is 18.3. The molecule has 1 saturated heterocycles. The Morgan fingerprint density at radius 1 is 1.12 bits per heavy atom. The number of para-hydroxylation sites is 1. The monoisotopic (exact) mass is 467 g/mol. The fraction of sp³-hybridized carbons (Fsp3) is 0.360. The molecule has 2 aliphatic rings. The summed E-state index contributed by atoms with van der Waals surface area (Å²) >= 11 is 0. The molecule has 3 aromatic rings. The van der Waals surface area contributed by atoms with Gasteiger partial charge in [0.1, 0.15) is 11.3 Å². The lowest BCUT2D eigenvalue weighted by Gasteiger charge is -2.30. The first kappa shape index (κ1) is 21.7. The van der Waals surface area contributed by atoms with Crippen LogP contribution in [0.1, 0.15) is 53.9 Å². The van der Waals surface area contributed by atoms with Gasteiger partial charge in [0, 0.05) is 6.04 Å². The topological polar surface area (TPSA) is 93.9 Å². The summed E-state index contributed by atoms with van der Waals surface area (Å²) < 4.78 is 36.3. The highest BCUT2D eigenvalue weighted by Gasteiger charge is 2.48. The highest BCUT2D eigenvalue weighted by Crippen LogP contribution is 2.42. The van der Waals surface area contributed by atoms with Gasteiger partial charge in [-0.25, -0.2) is 8.42 Å². The Kier molecular flexibility index (Phi) is 5.48. The number of fused-ring (bicyclic) bond motifs is 2. The standard InChI is InChI=1S/C25H25NO6S/c1-2-3-12-31-18-8-6-7-16(14-18)22-21-23(27)19-9-4-5-10-20(19)32-24(21)25(28)26(22)17-11-13-33(29,30)15-17/h4-10,14,17,22H,2-3,11-13,15H2,1H3/t17-,22-/m1/s1. The molecule has 0 spiro atoms. The second kappa shape index (κ2) is 8.33. The van der Waals surface area contributed by atoms with Crippen LogP contribution < -0.4 is 10.2 Å². The molecule has 0 saturated carbocycles. The third-order valence-corrected chi connectivity index (χ3v) is 8.11. The van der Waals surface area contributed by atoms with Gasteiger partial charge in [0.2, 0.25) is 5.76 Å². The van der Waals surface area contributed by atoms with E-state index in [-0.39, 0.29) is 28.3 Å². The molecule has 1 fully saturated rings. The molecule has 2 atom stereocenters. The first-order chi connectivity index (χ1) is 15.9. The van der Waals surface area contributed by atoms with Crippen molar-refractivity contribution in [2.75, 3.05) is 18.1 Å². The molecule has 0 bridgehead atoms. The average molecular weight is 468 g/mol. The van der Waals surface area contributed by atoms with Crippen LogP contribution in [0.4, 0.5) is 0 Å². The Labute approximate surface area is 191 Å². The molecule has 172 valence electrons. The van der Waals surface area contributed by atoms with Crippen LogP contribution in [0.25, 0.3) is 11.0 Å². The summed E-state index contributed by atoms with van der Waals surface area (Å²) in [4.78, 5) is 28.6. The van der Waals surface area contributed by atoms with Gasteiger partial charge >= 0.3 is 0 Å². The van der Waals surface area contributed by atoms with E-state index in [0.717, 1.165) is 12.8 Å². The zero-order chi connectivity index (χ0) is 23.2. The maximum atomic E-state index is 13.5. The van der Waals surface area contributed by atoms with Crippen molar-refractivity contribution in [3.8, 4) is 5.75 Å². The first-order valence-corrected chi connectivity index (χ1v) is 13.0. The highest BCUT2D eigenvalue weighted by molar-refractivity contribution is 7.91. The summed E-state index contributed by atoms with van der Waals surface area (Å²) in [6.07, 6.45) is 2.25. The maximum absolute atomic E-state index is 13.5. The fourth-order valence-electron chi connectivity index (χ4n) is 4.74. The van der Waals surface area contributed by atoms with Crippen molar-refractivity contribution in [3.05, 3.63) is 75.6 Å². The van der Waals surface area contributed by atoms with Crippen LogP contribution in [0.5, 0.6) is 5.75 Å². The Morgan fingerprint density at radius 2 is 1.94 bits per heavy atom. The largest absolute Gasteiger partial charge is 0.494 e. The quantitative estimate of drug-likeness (QED) is 0.513. The number of amides is 1. The molecule has 8 heteroatoms.